The first kappa shape index (κ1) is 35.7. The summed E-state index contributed by atoms with van der Waals surface area (Å²) in [4.78, 5) is 78.1. The van der Waals surface area contributed by atoms with Crippen molar-refractivity contribution >= 4 is 41.5 Å². The van der Waals surface area contributed by atoms with Crippen molar-refractivity contribution in [3.8, 4) is 0 Å². The molecule has 2 N–H and O–H groups in total. The van der Waals surface area contributed by atoms with Crippen LogP contribution in [0.15, 0.2) is 53.5 Å². The highest BCUT2D eigenvalue weighted by molar-refractivity contribution is 6.02. The molecule has 0 bridgehead atoms. The molecule has 1 aliphatic heterocycles. The fourth-order valence-corrected chi connectivity index (χ4v) is 4.02. The van der Waals surface area contributed by atoms with Crippen LogP contribution < -0.4 is 10.6 Å². The van der Waals surface area contributed by atoms with Gasteiger partial charge in [-0.05, 0) is 62.6 Å². The van der Waals surface area contributed by atoms with Crippen LogP contribution in [-0.4, -0.2) is 88.1 Å². The predicted octanol–water partition coefficient (Wildman–Crippen LogP) is 3.48. The molecule has 0 radical (unpaired) electrons. The Morgan fingerprint density at radius 2 is 1.21 bits per heavy atom. The number of nitrogens with one attached hydrogen (secondary N) is 2. The smallest absolute Gasteiger partial charge is 0.414 e. The van der Waals surface area contributed by atoms with Gasteiger partial charge in [0.15, 0.2) is 0 Å². The van der Waals surface area contributed by atoms with E-state index in [-0.39, 0.29) is 37.7 Å². The van der Waals surface area contributed by atoms with E-state index in [0.717, 1.165) is 0 Å². The van der Waals surface area contributed by atoms with Crippen molar-refractivity contribution in [2.24, 2.45) is 4.99 Å². The van der Waals surface area contributed by atoms with E-state index in [1.807, 2.05) is 0 Å². The van der Waals surface area contributed by atoms with Crippen LogP contribution in [0.4, 0.5) is 25.8 Å². The number of rotatable bonds is 8. The molecule has 1 saturated heterocycles. The minimum atomic E-state index is -1.06. The van der Waals surface area contributed by atoms with Crippen molar-refractivity contribution < 1.29 is 43.2 Å². The molecule has 3 rings (SSSR count). The van der Waals surface area contributed by atoms with Crippen LogP contribution in [0.2, 0.25) is 0 Å². The number of nitro benzene ring substituents is 2. The zero-order valence-corrected chi connectivity index (χ0v) is 26.0. The Balaban J connectivity index is 1.63. The number of nitrogens with zero attached hydrogens (tertiary/aromatic N) is 5. The molecule has 0 saturated carbocycles. The van der Waals surface area contributed by atoms with Gasteiger partial charge in [0.05, 0.1) is 9.85 Å². The first-order chi connectivity index (χ1) is 22.2. The normalized spacial score (nSPS) is 13.0. The standard InChI is InChI=1S/C29H35N7O11/c1-29(2,3)47-28(40)34-14-4-13-33(15-16-34)24(37)17-30-25(31-26(38)45-18-20-5-9-22(10-6-20)35(41)42)32-27(39)46-19-21-7-11-23(12-8-21)36(43)44/h5-12H,4,13-19H2,1-3H3,(H2,30,31,32,38,39). The number of aliphatic imine (C=N–C) groups is 1. The highest BCUT2D eigenvalue weighted by Crippen LogP contribution is 2.15. The highest BCUT2D eigenvalue weighted by Gasteiger charge is 2.26. The van der Waals surface area contributed by atoms with E-state index in [0.29, 0.717) is 30.6 Å². The van der Waals surface area contributed by atoms with Crippen LogP contribution in [0.5, 0.6) is 0 Å². The van der Waals surface area contributed by atoms with Gasteiger partial charge in [0, 0.05) is 50.4 Å². The van der Waals surface area contributed by atoms with Gasteiger partial charge in [-0.15, -0.1) is 0 Å². The van der Waals surface area contributed by atoms with Gasteiger partial charge >= 0.3 is 18.3 Å². The monoisotopic (exact) mass is 657 g/mol. The number of guanidine groups is 1. The summed E-state index contributed by atoms with van der Waals surface area (Å²) in [6.45, 7) is 5.39. The Bertz CT molecular complexity index is 1410. The van der Waals surface area contributed by atoms with Gasteiger partial charge in [0.2, 0.25) is 11.9 Å². The van der Waals surface area contributed by atoms with E-state index in [1.165, 1.54) is 58.3 Å². The number of amides is 4. The Hall–Kier alpha value is -5.81. The van der Waals surface area contributed by atoms with Crippen molar-refractivity contribution in [3.63, 3.8) is 0 Å². The van der Waals surface area contributed by atoms with Crippen LogP contribution >= 0.6 is 0 Å². The summed E-state index contributed by atoms with van der Waals surface area (Å²) in [5.74, 6) is -0.915. The van der Waals surface area contributed by atoms with E-state index in [1.54, 1.807) is 20.8 Å². The molecule has 2 aromatic carbocycles. The molecule has 1 heterocycles. The van der Waals surface area contributed by atoms with E-state index >= 15 is 0 Å². The maximum atomic E-state index is 13.0. The van der Waals surface area contributed by atoms with Gasteiger partial charge in [-0.1, -0.05) is 0 Å². The zero-order chi connectivity index (χ0) is 34.6. The number of ether oxygens (including phenoxy) is 3. The van der Waals surface area contributed by atoms with Gasteiger partial charge in [-0.25, -0.2) is 19.4 Å². The molecule has 18 heteroatoms. The van der Waals surface area contributed by atoms with E-state index in [9.17, 15) is 39.4 Å². The molecule has 4 amide bonds. The lowest BCUT2D eigenvalue weighted by atomic mass is 10.2. The number of hydrogen-bond acceptors (Lipinski definition) is 12. The zero-order valence-electron chi connectivity index (χ0n) is 26.0. The number of carbonyl (C=O) groups excluding carboxylic acids is 4. The molecular formula is C29H35N7O11. The molecule has 18 nitrogen and oxygen atoms in total. The number of carbonyl (C=O) groups is 4. The largest absolute Gasteiger partial charge is 0.444 e. The third-order valence-corrected chi connectivity index (χ3v) is 6.35. The molecule has 0 spiro atoms. The van der Waals surface area contributed by atoms with Gasteiger partial charge in [0.1, 0.15) is 25.4 Å². The fourth-order valence-electron chi connectivity index (χ4n) is 4.02. The lowest BCUT2D eigenvalue weighted by Crippen LogP contribution is -2.45. The quantitative estimate of drug-likeness (QED) is 0.137. The third kappa shape index (κ3) is 12.2. The average molecular weight is 658 g/mol. The Labute approximate surface area is 268 Å². The Kier molecular flexibility index (Phi) is 12.5. The van der Waals surface area contributed by atoms with Gasteiger partial charge < -0.3 is 24.0 Å². The molecule has 1 aliphatic rings. The predicted molar refractivity (Wildman–Crippen MR) is 164 cm³/mol. The van der Waals surface area contributed by atoms with Gasteiger partial charge in [0.25, 0.3) is 11.4 Å². The second-order valence-electron chi connectivity index (χ2n) is 11.1. The van der Waals surface area contributed by atoms with Crippen LogP contribution in [0.1, 0.15) is 38.3 Å². The van der Waals surface area contributed by atoms with Crippen LogP contribution in [-0.2, 0) is 32.2 Å². The molecule has 0 aliphatic carbocycles. The molecule has 252 valence electrons. The maximum absolute atomic E-state index is 13.0. The highest BCUT2D eigenvalue weighted by atomic mass is 16.6. The number of hydrogen-bond donors (Lipinski definition) is 2. The number of benzene rings is 2. The second kappa shape index (κ2) is 16.5. The summed E-state index contributed by atoms with van der Waals surface area (Å²) in [7, 11) is 0. The fraction of sp³-hybridized carbons (Fsp3) is 0.414. The second-order valence-corrected chi connectivity index (χ2v) is 11.1. The molecule has 0 atom stereocenters. The number of alkyl carbamates (subject to hydrolysis) is 2. The van der Waals surface area contributed by atoms with Crippen LogP contribution in [0.25, 0.3) is 0 Å². The van der Waals surface area contributed by atoms with Crippen molar-refractivity contribution in [3.05, 3.63) is 79.9 Å². The first-order valence-electron chi connectivity index (χ1n) is 14.3. The van der Waals surface area contributed by atoms with E-state index in [2.05, 4.69) is 15.6 Å². The van der Waals surface area contributed by atoms with Crippen molar-refractivity contribution in [2.75, 3.05) is 32.7 Å². The van der Waals surface area contributed by atoms with Crippen LogP contribution in [0.3, 0.4) is 0 Å². The summed E-state index contributed by atoms with van der Waals surface area (Å²) < 4.78 is 15.6. The number of nitro groups is 2. The average Bonchev–Trinajstić information content (AvgIpc) is 3.28. The minimum Gasteiger partial charge on any atom is -0.444 e. The molecule has 1 fully saturated rings. The van der Waals surface area contributed by atoms with Crippen molar-refractivity contribution in [1.82, 2.24) is 20.4 Å². The van der Waals surface area contributed by atoms with E-state index < -0.39 is 52.1 Å². The summed E-state index contributed by atoms with van der Waals surface area (Å²) in [6, 6.07) is 10.6. The molecule has 0 unspecified atom stereocenters. The minimum absolute atomic E-state index is 0.143. The number of non-ortho nitro benzene ring substituents is 2. The van der Waals surface area contributed by atoms with Crippen molar-refractivity contribution in [2.45, 2.75) is 46.0 Å². The lowest BCUT2D eigenvalue weighted by molar-refractivity contribution is -0.385. The summed E-state index contributed by atoms with van der Waals surface area (Å²) in [5, 5.41) is 26.2. The van der Waals surface area contributed by atoms with Crippen LogP contribution in [0, 0.1) is 20.2 Å². The molecule has 0 aromatic heterocycles. The van der Waals surface area contributed by atoms with Crippen molar-refractivity contribution in [1.29, 1.82) is 0 Å². The first-order valence-corrected chi connectivity index (χ1v) is 14.3. The maximum Gasteiger partial charge on any atom is 0.414 e. The molecule has 2 aromatic rings. The SMILES string of the molecule is CC(C)(C)OC(=O)N1CCCN(C(=O)CN=C(NC(=O)OCc2ccc([N+](=O)[O-])cc2)NC(=O)OCc2ccc([N+](=O)[O-])cc2)CC1. The molecule has 47 heavy (non-hydrogen) atoms. The summed E-state index contributed by atoms with van der Waals surface area (Å²) in [6.07, 6.45) is -2.12. The summed E-state index contributed by atoms with van der Waals surface area (Å²) in [5.41, 5.74) is -0.0740. The Morgan fingerprint density at radius 3 is 1.66 bits per heavy atom. The van der Waals surface area contributed by atoms with E-state index in [4.69, 9.17) is 14.2 Å². The summed E-state index contributed by atoms with van der Waals surface area (Å²) >= 11 is 0. The molecular weight excluding hydrogens is 622 g/mol. The van der Waals surface area contributed by atoms with Gasteiger partial charge in [-0.3, -0.25) is 35.7 Å². The topological polar surface area (TPSA) is 225 Å². The lowest BCUT2D eigenvalue weighted by Gasteiger charge is -2.26. The third-order valence-electron chi connectivity index (χ3n) is 6.35. The van der Waals surface area contributed by atoms with Gasteiger partial charge in [-0.2, -0.15) is 0 Å². The Morgan fingerprint density at radius 1 is 0.766 bits per heavy atom.